The molecule has 0 heterocycles. The van der Waals surface area contributed by atoms with Gasteiger partial charge in [-0.3, -0.25) is 0 Å². The average Bonchev–Trinajstić information content (AvgIpc) is 2.25. The van der Waals surface area contributed by atoms with Gasteiger partial charge in [0.15, 0.2) is 0 Å². The summed E-state index contributed by atoms with van der Waals surface area (Å²) >= 11 is 5.90. The Morgan fingerprint density at radius 3 is 2.50 bits per heavy atom. The van der Waals surface area contributed by atoms with Crippen LogP contribution in [0.2, 0.25) is 5.02 Å². The minimum atomic E-state index is -3.60. The monoisotopic (exact) mass is 291 g/mol. The number of aryl methyl sites for hydroxylation is 1. The highest BCUT2D eigenvalue weighted by Crippen LogP contribution is 2.31. The zero-order valence-corrected chi connectivity index (χ0v) is 12.5. The molecular weight excluding hydrogens is 274 g/mol. The van der Waals surface area contributed by atoms with E-state index >= 15 is 0 Å². The van der Waals surface area contributed by atoms with Crippen LogP contribution in [0.3, 0.4) is 0 Å². The van der Waals surface area contributed by atoms with Gasteiger partial charge in [0.25, 0.3) is 0 Å². The van der Waals surface area contributed by atoms with Gasteiger partial charge in [0.1, 0.15) is 10.6 Å². The first-order valence-corrected chi connectivity index (χ1v) is 7.48. The normalized spacial score (nSPS) is 11.9. The molecule has 0 atom stereocenters. The summed E-state index contributed by atoms with van der Waals surface area (Å²) in [6.45, 7) is 6.00. The number of sulfonamides is 1. The molecule has 0 spiro atoms. The van der Waals surface area contributed by atoms with Crippen LogP contribution in [0.4, 0.5) is 0 Å². The van der Waals surface area contributed by atoms with Crippen molar-refractivity contribution in [2.45, 2.75) is 25.7 Å². The number of nitrogens with one attached hydrogen (secondary N) is 1. The van der Waals surface area contributed by atoms with Crippen LogP contribution in [0.25, 0.3) is 0 Å². The number of hydrogen-bond donors (Lipinski definition) is 1. The zero-order chi connectivity index (χ0) is 13.9. The first-order valence-electron chi connectivity index (χ1n) is 5.61. The molecule has 1 rings (SSSR count). The molecule has 0 fully saturated rings. The molecule has 0 bridgehead atoms. The summed E-state index contributed by atoms with van der Waals surface area (Å²) in [7, 11) is -2.16. The largest absolute Gasteiger partial charge is 0.495 e. The van der Waals surface area contributed by atoms with Crippen molar-refractivity contribution in [2.75, 3.05) is 13.7 Å². The predicted octanol–water partition coefficient (Wildman–Crippen LogP) is 2.59. The highest BCUT2D eigenvalue weighted by molar-refractivity contribution is 7.89. The van der Waals surface area contributed by atoms with Gasteiger partial charge in [-0.25, -0.2) is 13.1 Å². The fourth-order valence-corrected chi connectivity index (χ4v) is 3.33. The molecule has 0 aliphatic rings. The zero-order valence-electron chi connectivity index (χ0n) is 11.0. The second-order valence-electron chi connectivity index (χ2n) is 4.50. The molecule has 1 N–H and O–H groups in total. The standard InChI is InChI=1S/C12H18ClNO3S/c1-8(2)7-14-18(15,16)11-6-10(13)5-9(3)12(11)17-4/h5-6,8,14H,7H2,1-4H3. The van der Waals surface area contributed by atoms with Crippen molar-refractivity contribution in [3.63, 3.8) is 0 Å². The number of hydrogen-bond acceptors (Lipinski definition) is 3. The molecule has 6 heteroatoms. The molecule has 0 aliphatic carbocycles. The van der Waals surface area contributed by atoms with Crippen molar-refractivity contribution in [3.05, 3.63) is 22.7 Å². The van der Waals surface area contributed by atoms with Gasteiger partial charge in [0, 0.05) is 11.6 Å². The first-order chi connectivity index (χ1) is 8.27. The molecule has 0 unspecified atom stereocenters. The van der Waals surface area contributed by atoms with E-state index in [1.807, 2.05) is 13.8 Å². The van der Waals surface area contributed by atoms with Crippen LogP contribution in [-0.2, 0) is 10.0 Å². The Morgan fingerprint density at radius 1 is 1.39 bits per heavy atom. The molecule has 0 amide bonds. The maximum Gasteiger partial charge on any atom is 0.244 e. The van der Waals surface area contributed by atoms with Crippen LogP contribution in [0.5, 0.6) is 5.75 Å². The molecule has 0 aliphatic heterocycles. The first kappa shape index (κ1) is 15.3. The molecular formula is C12H18ClNO3S. The van der Waals surface area contributed by atoms with Gasteiger partial charge < -0.3 is 4.74 Å². The van der Waals surface area contributed by atoms with Gasteiger partial charge in [-0.1, -0.05) is 25.4 Å². The molecule has 102 valence electrons. The van der Waals surface area contributed by atoms with Gasteiger partial charge >= 0.3 is 0 Å². The van der Waals surface area contributed by atoms with E-state index in [0.717, 1.165) is 0 Å². The van der Waals surface area contributed by atoms with Crippen LogP contribution >= 0.6 is 11.6 Å². The van der Waals surface area contributed by atoms with E-state index in [1.54, 1.807) is 13.0 Å². The summed E-state index contributed by atoms with van der Waals surface area (Å²) in [5, 5.41) is 0.373. The molecule has 0 radical (unpaired) electrons. The summed E-state index contributed by atoms with van der Waals surface area (Å²) in [6.07, 6.45) is 0. The van der Waals surface area contributed by atoms with Gasteiger partial charge in [-0.05, 0) is 30.5 Å². The third-order valence-electron chi connectivity index (χ3n) is 2.38. The van der Waals surface area contributed by atoms with Crippen molar-refractivity contribution >= 4 is 21.6 Å². The summed E-state index contributed by atoms with van der Waals surface area (Å²) in [5.74, 6) is 0.557. The van der Waals surface area contributed by atoms with E-state index in [4.69, 9.17) is 16.3 Å². The Kier molecular flexibility index (Phi) is 5.01. The van der Waals surface area contributed by atoms with E-state index in [0.29, 0.717) is 22.9 Å². The van der Waals surface area contributed by atoms with E-state index in [-0.39, 0.29) is 10.8 Å². The molecule has 0 saturated heterocycles. The smallest absolute Gasteiger partial charge is 0.244 e. The second-order valence-corrected chi connectivity index (χ2v) is 6.67. The molecule has 18 heavy (non-hydrogen) atoms. The number of benzene rings is 1. The fourth-order valence-electron chi connectivity index (χ4n) is 1.51. The van der Waals surface area contributed by atoms with E-state index in [2.05, 4.69) is 4.72 Å². The lowest BCUT2D eigenvalue weighted by molar-refractivity contribution is 0.399. The van der Waals surface area contributed by atoms with Crippen LogP contribution in [0.15, 0.2) is 17.0 Å². The minimum absolute atomic E-state index is 0.0793. The lowest BCUT2D eigenvalue weighted by Crippen LogP contribution is -2.28. The molecule has 0 saturated carbocycles. The number of halogens is 1. The number of ether oxygens (including phenoxy) is 1. The molecule has 4 nitrogen and oxygen atoms in total. The summed E-state index contributed by atoms with van der Waals surface area (Å²) < 4.78 is 32.0. The van der Waals surface area contributed by atoms with E-state index in [9.17, 15) is 8.42 Å². The van der Waals surface area contributed by atoms with E-state index < -0.39 is 10.0 Å². The van der Waals surface area contributed by atoms with Crippen molar-refractivity contribution < 1.29 is 13.2 Å². The molecule has 1 aromatic carbocycles. The lowest BCUT2D eigenvalue weighted by atomic mass is 10.2. The van der Waals surface area contributed by atoms with Crippen molar-refractivity contribution in [3.8, 4) is 5.75 Å². The van der Waals surface area contributed by atoms with Crippen molar-refractivity contribution in [2.24, 2.45) is 5.92 Å². The molecule has 1 aromatic rings. The fraction of sp³-hybridized carbons (Fsp3) is 0.500. The van der Waals surface area contributed by atoms with Crippen molar-refractivity contribution in [1.29, 1.82) is 0 Å². The Labute approximate surface area is 113 Å². The minimum Gasteiger partial charge on any atom is -0.495 e. The second kappa shape index (κ2) is 5.91. The summed E-state index contributed by atoms with van der Waals surface area (Å²) in [5.41, 5.74) is 0.690. The Morgan fingerprint density at radius 2 is 2.00 bits per heavy atom. The van der Waals surface area contributed by atoms with Gasteiger partial charge in [0.05, 0.1) is 7.11 Å². The highest BCUT2D eigenvalue weighted by atomic mass is 35.5. The van der Waals surface area contributed by atoms with Crippen LogP contribution in [0.1, 0.15) is 19.4 Å². The summed E-state index contributed by atoms with van der Waals surface area (Å²) in [4.78, 5) is 0.0793. The quantitative estimate of drug-likeness (QED) is 0.907. The highest BCUT2D eigenvalue weighted by Gasteiger charge is 2.21. The third kappa shape index (κ3) is 3.60. The Hall–Kier alpha value is -0.780. The van der Waals surface area contributed by atoms with Crippen LogP contribution in [0, 0.1) is 12.8 Å². The van der Waals surface area contributed by atoms with Gasteiger partial charge in [-0.15, -0.1) is 0 Å². The number of rotatable bonds is 5. The van der Waals surface area contributed by atoms with Crippen LogP contribution in [-0.4, -0.2) is 22.1 Å². The molecule has 0 aromatic heterocycles. The van der Waals surface area contributed by atoms with E-state index in [1.165, 1.54) is 13.2 Å². The van der Waals surface area contributed by atoms with Gasteiger partial charge in [-0.2, -0.15) is 0 Å². The Balaban J connectivity index is 3.23. The lowest BCUT2D eigenvalue weighted by Gasteiger charge is -2.14. The number of methoxy groups -OCH3 is 1. The average molecular weight is 292 g/mol. The van der Waals surface area contributed by atoms with Gasteiger partial charge in [0.2, 0.25) is 10.0 Å². The Bertz CT molecular complexity index is 526. The summed E-state index contributed by atoms with van der Waals surface area (Å²) in [6, 6.07) is 3.07. The SMILES string of the molecule is COc1c(C)cc(Cl)cc1S(=O)(=O)NCC(C)C. The topological polar surface area (TPSA) is 55.4 Å². The van der Waals surface area contributed by atoms with Crippen molar-refractivity contribution in [1.82, 2.24) is 4.72 Å². The third-order valence-corrected chi connectivity index (χ3v) is 4.03. The maximum atomic E-state index is 12.2. The van der Waals surface area contributed by atoms with Crippen LogP contribution < -0.4 is 9.46 Å². The predicted molar refractivity (Wildman–Crippen MR) is 72.8 cm³/mol. The maximum absolute atomic E-state index is 12.2.